The Morgan fingerprint density at radius 1 is 1.21 bits per heavy atom. The van der Waals surface area contributed by atoms with E-state index in [0.29, 0.717) is 17.4 Å². The van der Waals surface area contributed by atoms with Gasteiger partial charge in [0.15, 0.2) is 0 Å². The van der Waals surface area contributed by atoms with E-state index < -0.39 is 0 Å². The number of likely N-dealkylation sites (N-methyl/N-ethyl adjacent to an activating group) is 1. The summed E-state index contributed by atoms with van der Waals surface area (Å²) in [6.45, 7) is 14.1. The molecule has 1 rings (SSSR count). The van der Waals surface area contributed by atoms with Crippen molar-refractivity contribution >= 4 is 0 Å². The minimum Gasteiger partial charge on any atom is -0.312 e. The van der Waals surface area contributed by atoms with E-state index in [1.165, 1.54) is 38.6 Å². The first-order valence-corrected chi connectivity index (χ1v) is 8.29. The third-order valence-corrected chi connectivity index (χ3v) is 4.88. The number of nitrogens with zero attached hydrogens (tertiary/aromatic N) is 1. The van der Waals surface area contributed by atoms with Gasteiger partial charge in [0, 0.05) is 18.6 Å². The Morgan fingerprint density at radius 2 is 1.79 bits per heavy atom. The molecule has 0 aromatic heterocycles. The third-order valence-electron chi connectivity index (χ3n) is 4.88. The zero-order valence-electron chi connectivity index (χ0n) is 14.1. The summed E-state index contributed by atoms with van der Waals surface area (Å²) in [6, 6.07) is 1.44. The molecule has 1 N–H and O–H groups in total. The lowest BCUT2D eigenvalue weighted by atomic mass is 9.75. The van der Waals surface area contributed by atoms with Gasteiger partial charge in [0.2, 0.25) is 0 Å². The molecular weight excluding hydrogens is 232 g/mol. The zero-order valence-corrected chi connectivity index (χ0v) is 14.1. The summed E-state index contributed by atoms with van der Waals surface area (Å²) < 4.78 is 0. The SMILES string of the molecule is CCCNC(CN(C)C1CCC(C)(C)CC1)C(C)C. The fourth-order valence-electron chi connectivity index (χ4n) is 3.12. The Kier molecular flexibility index (Phi) is 6.82. The molecule has 0 radical (unpaired) electrons. The highest BCUT2D eigenvalue weighted by molar-refractivity contribution is 4.85. The Labute approximate surface area is 121 Å². The molecular formula is C17H36N2. The normalized spacial score (nSPS) is 22.1. The van der Waals surface area contributed by atoms with Gasteiger partial charge in [-0.1, -0.05) is 34.6 Å². The number of nitrogens with one attached hydrogen (secondary N) is 1. The molecule has 2 heteroatoms. The fraction of sp³-hybridized carbons (Fsp3) is 1.00. The Morgan fingerprint density at radius 3 is 2.26 bits per heavy atom. The van der Waals surface area contributed by atoms with E-state index in [1.807, 2.05) is 0 Å². The van der Waals surface area contributed by atoms with Crippen molar-refractivity contribution in [3.05, 3.63) is 0 Å². The van der Waals surface area contributed by atoms with Gasteiger partial charge < -0.3 is 10.2 Å². The molecule has 0 aromatic rings. The van der Waals surface area contributed by atoms with Crippen LogP contribution in [-0.4, -0.2) is 37.1 Å². The first-order valence-electron chi connectivity index (χ1n) is 8.29. The van der Waals surface area contributed by atoms with E-state index in [2.05, 4.69) is 51.9 Å². The molecule has 1 aliphatic carbocycles. The third kappa shape index (κ3) is 5.83. The summed E-state index contributed by atoms with van der Waals surface area (Å²) in [5.74, 6) is 0.717. The summed E-state index contributed by atoms with van der Waals surface area (Å²) >= 11 is 0. The van der Waals surface area contributed by atoms with Gasteiger partial charge >= 0.3 is 0 Å². The van der Waals surface area contributed by atoms with Gasteiger partial charge in [-0.05, 0) is 57.0 Å². The summed E-state index contributed by atoms with van der Waals surface area (Å²) in [4.78, 5) is 2.61. The highest BCUT2D eigenvalue weighted by Crippen LogP contribution is 2.36. The first kappa shape index (κ1) is 17.0. The molecule has 0 bridgehead atoms. The van der Waals surface area contributed by atoms with Gasteiger partial charge in [-0.3, -0.25) is 0 Å². The largest absolute Gasteiger partial charge is 0.312 e. The van der Waals surface area contributed by atoms with Crippen molar-refractivity contribution in [2.75, 3.05) is 20.1 Å². The molecule has 0 saturated heterocycles. The predicted molar refractivity (Wildman–Crippen MR) is 85.6 cm³/mol. The standard InChI is InChI=1S/C17H36N2/c1-7-12-18-16(14(2)3)13-19(6)15-8-10-17(4,5)11-9-15/h14-16,18H,7-13H2,1-6H3. The molecule has 0 aromatic carbocycles. The quantitative estimate of drug-likeness (QED) is 0.753. The van der Waals surface area contributed by atoms with Crippen LogP contribution in [0.4, 0.5) is 0 Å². The summed E-state index contributed by atoms with van der Waals surface area (Å²) in [7, 11) is 2.33. The second kappa shape index (κ2) is 7.64. The van der Waals surface area contributed by atoms with E-state index >= 15 is 0 Å². The monoisotopic (exact) mass is 268 g/mol. The van der Waals surface area contributed by atoms with E-state index in [-0.39, 0.29) is 0 Å². The molecule has 2 nitrogen and oxygen atoms in total. The number of hydrogen-bond acceptors (Lipinski definition) is 2. The molecule has 114 valence electrons. The van der Waals surface area contributed by atoms with Crippen molar-refractivity contribution in [3.8, 4) is 0 Å². The Hall–Kier alpha value is -0.0800. The summed E-state index contributed by atoms with van der Waals surface area (Å²) in [6.07, 6.45) is 6.75. The minimum atomic E-state index is 0.579. The predicted octanol–water partition coefficient (Wildman–Crippen LogP) is 3.91. The molecule has 1 fully saturated rings. The van der Waals surface area contributed by atoms with E-state index in [1.54, 1.807) is 0 Å². The van der Waals surface area contributed by atoms with Gasteiger partial charge in [0.25, 0.3) is 0 Å². The van der Waals surface area contributed by atoms with Gasteiger partial charge in [-0.15, -0.1) is 0 Å². The lowest BCUT2D eigenvalue weighted by Crippen LogP contribution is -2.47. The van der Waals surface area contributed by atoms with Crippen LogP contribution in [0.15, 0.2) is 0 Å². The highest BCUT2D eigenvalue weighted by Gasteiger charge is 2.29. The van der Waals surface area contributed by atoms with Gasteiger partial charge in [0.05, 0.1) is 0 Å². The summed E-state index contributed by atoms with van der Waals surface area (Å²) in [5, 5.41) is 3.71. The molecule has 0 amide bonds. The first-order chi connectivity index (χ1) is 8.85. The minimum absolute atomic E-state index is 0.579. The van der Waals surface area contributed by atoms with Gasteiger partial charge in [-0.25, -0.2) is 0 Å². The highest BCUT2D eigenvalue weighted by atomic mass is 15.2. The van der Waals surface area contributed by atoms with Crippen molar-refractivity contribution in [1.82, 2.24) is 10.2 Å². The van der Waals surface area contributed by atoms with E-state index in [4.69, 9.17) is 0 Å². The maximum Gasteiger partial charge on any atom is 0.0217 e. The molecule has 0 aliphatic heterocycles. The average molecular weight is 268 g/mol. The van der Waals surface area contributed by atoms with Crippen LogP contribution in [0, 0.1) is 11.3 Å². The van der Waals surface area contributed by atoms with Crippen LogP contribution in [0.3, 0.4) is 0 Å². The topological polar surface area (TPSA) is 15.3 Å². The van der Waals surface area contributed by atoms with Crippen LogP contribution in [-0.2, 0) is 0 Å². The van der Waals surface area contributed by atoms with Crippen LogP contribution in [0.1, 0.15) is 66.7 Å². The molecule has 1 unspecified atom stereocenters. The van der Waals surface area contributed by atoms with E-state index in [9.17, 15) is 0 Å². The number of rotatable bonds is 7. The van der Waals surface area contributed by atoms with Crippen LogP contribution in [0.2, 0.25) is 0 Å². The molecule has 19 heavy (non-hydrogen) atoms. The summed E-state index contributed by atoms with van der Waals surface area (Å²) in [5.41, 5.74) is 0.579. The van der Waals surface area contributed by atoms with Crippen LogP contribution in [0.5, 0.6) is 0 Å². The molecule has 1 aliphatic rings. The van der Waals surface area contributed by atoms with Crippen LogP contribution in [0.25, 0.3) is 0 Å². The van der Waals surface area contributed by atoms with Crippen molar-refractivity contribution in [1.29, 1.82) is 0 Å². The number of hydrogen-bond donors (Lipinski definition) is 1. The Bertz CT molecular complexity index is 238. The molecule has 1 saturated carbocycles. The lowest BCUT2D eigenvalue weighted by Gasteiger charge is -2.40. The van der Waals surface area contributed by atoms with Crippen LogP contribution < -0.4 is 5.32 Å². The van der Waals surface area contributed by atoms with Crippen LogP contribution >= 0.6 is 0 Å². The van der Waals surface area contributed by atoms with E-state index in [0.717, 1.165) is 12.6 Å². The smallest absolute Gasteiger partial charge is 0.0217 e. The van der Waals surface area contributed by atoms with Gasteiger partial charge in [-0.2, -0.15) is 0 Å². The van der Waals surface area contributed by atoms with Crippen molar-refractivity contribution in [3.63, 3.8) is 0 Å². The maximum atomic E-state index is 3.71. The van der Waals surface area contributed by atoms with Gasteiger partial charge in [0.1, 0.15) is 0 Å². The maximum absolute atomic E-state index is 3.71. The second-order valence-corrected chi connectivity index (χ2v) is 7.64. The van der Waals surface area contributed by atoms with Crippen molar-refractivity contribution in [2.45, 2.75) is 78.8 Å². The molecule has 0 heterocycles. The zero-order chi connectivity index (χ0) is 14.5. The molecule has 1 atom stereocenters. The Balaban J connectivity index is 2.41. The lowest BCUT2D eigenvalue weighted by molar-refractivity contribution is 0.113. The van der Waals surface area contributed by atoms with Crippen molar-refractivity contribution < 1.29 is 0 Å². The van der Waals surface area contributed by atoms with Crippen molar-refractivity contribution in [2.24, 2.45) is 11.3 Å². The average Bonchev–Trinajstić information content (AvgIpc) is 2.33. The fourth-order valence-corrected chi connectivity index (χ4v) is 3.12. The molecule has 0 spiro atoms. The second-order valence-electron chi connectivity index (χ2n) is 7.64.